The van der Waals surface area contributed by atoms with Crippen molar-refractivity contribution in [1.82, 2.24) is 4.57 Å². The summed E-state index contributed by atoms with van der Waals surface area (Å²) in [4.78, 5) is 23.9. The first-order chi connectivity index (χ1) is 12.9. The second kappa shape index (κ2) is 7.50. The molecule has 0 aliphatic rings. The van der Waals surface area contributed by atoms with Crippen molar-refractivity contribution < 1.29 is 14.3 Å². The molecule has 2 aromatic carbocycles. The lowest BCUT2D eigenvalue weighted by Gasteiger charge is -2.10. The molecule has 5 heteroatoms. The maximum atomic E-state index is 12.2. The molecule has 0 unspecified atom stereocenters. The average molecular weight is 362 g/mol. The van der Waals surface area contributed by atoms with Crippen molar-refractivity contribution in [3.05, 3.63) is 82.7 Å². The Morgan fingerprint density at radius 1 is 0.963 bits per heavy atom. The van der Waals surface area contributed by atoms with Crippen molar-refractivity contribution in [2.24, 2.45) is 5.73 Å². The van der Waals surface area contributed by atoms with Gasteiger partial charge in [0.1, 0.15) is 0 Å². The van der Waals surface area contributed by atoms with Crippen LogP contribution in [0.25, 0.3) is 11.1 Å². The summed E-state index contributed by atoms with van der Waals surface area (Å²) in [5.41, 5.74) is 11.2. The van der Waals surface area contributed by atoms with Crippen LogP contribution in [0.2, 0.25) is 0 Å². The number of nitrogens with zero attached hydrogens (tertiary/aromatic N) is 1. The maximum absolute atomic E-state index is 12.2. The van der Waals surface area contributed by atoms with Crippen LogP contribution in [-0.4, -0.2) is 23.6 Å². The lowest BCUT2D eigenvalue weighted by Crippen LogP contribution is -2.13. The Hall–Kier alpha value is -3.34. The van der Waals surface area contributed by atoms with E-state index in [1.54, 1.807) is 12.1 Å². The Morgan fingerprint density at radius 2 is 1.59 bits per heavy atom. The zero-order valence-electron chi connectivity index (χ0n) is 15.7. The minimum atomic E-state index is -0.463. The SMILES string of the molecule is COC(=O)c1ccc(-c2c(C(N)=O)c(C)n(Cc3ccccc3)c2C)cc1. The highest BCUT2D eigenvalue weighted by molar-refractivity contribution is 6.02. The minimum absolute atomic E-state index is 0.397. The van der Waals surface area contributed by atoms with Crippen LogP contribution in [0.1, 0.15) is 37.7 Å². The van der Waals surface area contributed by atoms with E-state index >= 15 is 0 Å². The molecule has 2 N–H and O–H groups in total. The third kappa shape index (κ3) is 3.49. The molecule has 0 fully saturated rings. The number of rotatable bonds is 5. The first kappa shape index (κ1) is 18.5. The van der Waals surface area contributed by atoms with Gasteiger partial charge < -0.3 is 15.0 Å². The number of hydrogen-bond acceptors (Lipinski definition) is 3. The first-order valence-electron chi connectivity index (χ1n) is 8.66. The summed E-state index contributed by atoms with van der Waals surface area (Å²) in [6, 6.07) is 17.1. The maximum Gasteiger partial charge on any atom is 0.337 e. The predicted octanol–water partition coefficient (Wildman–Crippen LogP) is 3.71. The van der Waals surface area contributed by atoms with Crippen LogP contribution in [0.3, 0.4) is 0 Å². The average Bonchev–Trinajstić information content (AvgIpc) is 2.93. The van der Waals surface area contributed by atoms with Gasteiger partial charge in [0.05, 0.1) is 18.2 Å². The number of esters is 1. The van der Waals surface area contributed by atoms with Gasteiger partial charge in [0, 0.05) is 23.5 Å². The van der Waals surface area contributed by atoms with Crippen LogP contribution < -0.4 is 5.73 Å². The van der Waals surface area contributed by atoms with Crippen LogP contribution in [0.5, 0.6) is 0 Å². The summed E-state index contributed by atoms with van der Waals surface area (Å²) >= 11 is 0. The molecule has 0 saturated heterocycles. The number of nitrogens with two attached hydrogens (primary N) is 1. The Bertz CT molecular complexity index is 987. The van der Waals surface area contributed by atoms with Gasteiger partial charge in [-0.2, -0.15) is 0 Å². The Labute approximate surface area is 158 Å². The van der Waals surface area contributed by atoms with Gasteiger partial charge in [-0.15, -0.1) is 0 Å². The van der Waals surface area contributed by atoms with Crippen LogP contribution in [0.4, 0.5) is 0 Å². The fourth-order valence-corrected chi connectivity index (χ4v) is 3.43. The smallest absolute Gasteiger partial charge is 0.337 e. The number of methoxy groups -OCH3 is 1. The molecule has 0 aliphatic heterocycles. The summed E-state index contributed by atoms with van der Waals surface area (Å²) in [5.74, 6) is -0.860. The van der Waals surface area contributed by atoms with Crippen molar-refractivity contribution in [2.75, 3.05) is 7.11 Å². The van der Waals surface area contributed by atoms with E-state index in [-0.39, 0.29) is 0 Å². The number of amides is 1. The molecule has 0 atom stereocenters. The van der Waals surface area contributed by atoms with E-state index in [9.17, 15) is 9.59 Å². The first-order valence-corrected chi connectivity index (χ1v) is 8.66. The lowest BCUT2D eigenvalue weighted by molar-refractivity contribution is 0.0600. The van der Waals surface area contributed by atoms with E-state index in [2.05, 4.69) is 4.57 Å². The topological polar surface area (TPSA) is 74.3 Å². The number of ether oxygens (including phenoxy) is 1. The Kier molecular flexibility index (Phi) is 5.12. The van der Waals surface area contributed by atoms with Crippen LogP contribution in [0, 0.1) is 13.8 Å². The number of hydrogen-bond donors (Lipinski definition) is 1. The van der Waals surface area contributed by atoms with Crippen molar-refractivity contribution >= 4 is 11.9 Å². The summed E-state index contributed by atoms with van der Waals surface area (Å²) in [5, 5.41) is 0. The van der Waals surface area contributed by atoms with E-state index in [0.717, 1.165) is 28.1 Å². The second-order valence-corrected chi connectivity index (χ2v) is 6.43. The monoisotopic (exact) mass is 362 g/mol. The molecule has 1 amide bonds. The summed E-state index contributed by atoms with van der Waals surface area (Å²) in [6.45, 7) is 4.54. The largest absolute Gasteiger partial charge is 0.465 e. The van der Waals surface area contributed by atoms with Crippen molar-refractivity contribution in [3.63, 3.8) is 0 Å². The molecule has 0 radical (unpaired) electrons. The lowest BCUT2D eigenvalue weighted by atomic mass is 9.99. The van der Waals surface area contributed by atoms with E-state index in [1.165, 1.54) is 7.11 Å². The van der Waals surface area contributed by atoms with E-state index in [0.29, 0.717) is 17.7 Å². The van der Waals surface area contributed by atoms with Crippen LogP contribution >= 0.6 is 0 Å². The normalized spacial score (nSPS) is 10.6. The van der Waals surface area contributed by atoms with E-state index < -0.39 is 11.9 Å². The number of primary amides is 1. The molecule has 3 aromatic rings. The second-order valence-electron chi connectivity index (χ2n) is 6.43. The Morgan fingerprint density at radius 3 is 2.15 bits per heavy atom. The molecule has 1 aromatic heterocycles. The van der Waals surface area contributed by atoms with Gasteiger partial charge >= 0.3 is 5.97 Å². The third-order valence-corrected chi connectivity index (χ3v) is 4.81. The highest BCUT2D eigenvalue weighted by Crippen LogP contribution is 2.33. The van der Waals surface area contributed by atoms with Gasteiger partial charge in [-0.1, -0.05) is 42.5 Å². The van der Waals surface area contributed by atoms with Gasteiger partial charge in [0.15, 0.2) is 0 Å². The predicted molar refractivity (Wildman–Crippen MR) is 105 cm³/mol. The fourth-order valence-electron chi connectivity index (χ4n) is 3.43. The van der Waals surface area contributed by atoms with E-state index in [1.807, 2.05) is 56.3 Å². The standard InChI is InChI=1S/C22H22N2O3/c1-14-19(17-9-11-18(12-10-17)22(26)27-3)20(21(23)25)15(2)24(14)13-16-7-5-4-6-8-16/h4-12H,13H2,1-3H3,(H2,23,25). The van der Waals surface area contributed by atoms with Crippen molar-refractivity contribution in [1.29, 1.82) is 0 Å². The molecular formula is C22H22N2O3. The number of carbonyl (C=O) groups is 2. The third-order valence-electron chi connectivity index (χ3n) is 4.81. The van der Waals surface area contributed by atoms with Gasteiger partial charge in [0.25, 0.3) is 5.91 Å². The van der Waals surface area contributed by atoms with Crippen LogP contribution in [-0.2, 0) is 11.3 Å². The molecule has 27 heavy (non-hydrogen) atoms. The number of benzene rings is 2. The molecule has 0 aliphatic carbocycles. The minimum Gasteiger partial charge on any atom is -0.465 e. The van der Waals surface area contributed by atoms with Crippen molar-refractivity contribution in [3.8, 4) is 11.1 Å². The number of aromatic nitrogens is 1. The zero-order valence-corrected chi connectivity index (χ0v) is 15.7. The Balaban J connectivity index is 2.11. The molecule has 5 nitrogen and oxygen atoms in total. The van der Waals surface area contributed by atoms with Gasteiger partial charge in [-0.25, -0.2) is 4.79 Å². The molecule has 0 bridgehead atoms. The zero-order chi connectivity index (χ0) is 19.6. The molecule has 3 rings (SSSR count). The van der Waals surface area contributed by atoms with Crippen molar-refractivity contribution in [2.45, 2.75) is 20.4 Å². The summed E-state index contributed by atoms with van der Waals surface area (Å²) in [7, 11) is 1.35. The van der Waals surface area contributed by atoms with Gasteiger partial charge in [-0.3, -0.25) is 4.79 Å². The molecular weight excluding hydrogens is 340 g/mol. The summed E-state index contributed by atoms with van der Waals surface area (Å²) in [6.07, 6.45) is 0. The highest BCUT2D eigenvalue weighted by Gasteiger charge is 2.22. The summed E-state index contributed by atoms with van der Waals surface area (Å²) < 4.78 is 6.84. The molecule has 0 spiro atoms. The van der Waals surface area contributed by atoms with Gasteiger partial charge in [-0.05, 0) is 37.1 Å². The van der Waals surface area contributed by atoms with Crippen LogP contribution in [0.15, 0.2) is 54.6 Å². The fraction of sp³-hybridized carbons (Fsp3) is 0.182. The number of carbonyl (C=O) groups excluding carboxylic acids is 2. The quantitative estimate of drug-likeness (QED) is 0.703. The highest BCUT2D eigenvalue weighted by atomic mass is 16.5. The molecule has 0 saturated carbocycles. The molecule has 1 heterocycles. The molecule has 138 valence electrons. The van der Waals surface area contributed by atoms with E-state index in [4.69, 9.17) is 10.5 Å². The van der Waals surface area contributed by atoms with Gasteiger partial charge in [0.2, 0.25) is 0 Å².